The second kappa shape index (κ2) is 5.74. The monoisotopic (exact) mass is 272 g/mol. The first-order valence-corrected chi connectivity index (χ1v) is 7.27. The molecule has 1 aromatic heterocycles. The SMILES string of the molecule is CC.Cc1ccc(B(O)O)c2sc3ccccc3c12. The van der Waals surface area contributed by atoms with E-state index in [1.54, 1.807) is 17.4 Å². The van der Waals surface area contributed by atoms with Gasteiger partial charge >= 0.3 is 7.12 Å². The molecule has 1 heterocycles. The van der Waals surface area contributed by atoms with E-state index in [1.165, 1.54) is 15.6 Å². The Labute approximate surface area is 117 Å². The number of thiophene rings is 1. The smallest absolute Gasteiger partial charge is 0.423 e. The molecule has 4 heteroatoms. The van der Waals surface area contributed by atoms with Gasteiger partial charge in [0.05, 0.1) is 0 Å². The van der Waals surface area contributed by atoms with Crippen LogP contribution < -0.4 is 5.46 Å². The van der Waals surface area contributed by atoms with Crippen LogP contribution in [0.5, 0.6) is 0 Å². The van der Waals surface area contributed by atoms with Crippen LogP contribution in [0.1, 0.15) is 19.4 Å². The molecule has 0 aliphatic carbocycles. The summed E-state index contributed by atoms with van der Waals surface area (Å²) < 4.78 is 2.15. The Bertz CT molecular complexity index is 704. The molecule has 0 radical (unpaired) electrons. The van der Waals surface area contributed by atoms with Gasteiger partial charge in [0.15, 0.2) is 0 Å². The summed E-state index contributed by atoms with van der Waals surface area (Å²) in [6.07, 6.45) is 0. The molecular weight excluding hydrogens is 255 g/mol. The standard InChI is InChI=1S/C13H11BO2S.C2H6/c1-8-6-7-10(14(15)16)13-12(8)9-4-2-3-5-11(9)17-13;1-2/h2-7,15-16H,1H3;1-2H3. The van der Waals surface area contributed by atoms with Crippen LogP contribution in [-0.4, -0.2) is 17.2 Å². The minimum absolute atomic E-state index is 0.590. The maximum atomic E-state index is 9.40. The number of hydrogen-bond donors (Lipinski definition) is 2. The predicted octanol–water partition coefficient (Wildman–Crippen LogP) is 3.07. The van der Waals surface area contributed by atoms with Crippen molar-refractivity contribution in [2.45, 2.75) is 20.8 Å². The van der Waals surface area contributed by atoms with Crippen molar-refractivity contribution in [3.05, 3.63) is 42.0 Å². The van der Waals surface area contributed by atoms with Gasteiger partial charge in [-0.15, -0.1) is 11.3 Å². The van der Waals surface area contributed by atoms with Crippen molar-refractivity contribution in [2.24, 2.45) is 0 Å². The highest BCUT2D eigenvalue weighted by Crippen LogP contribution is 2.34. The lowest BCUT2D eigenvalue weighted by atomic mass is 9.79. The Morgan fingerprint density at radius 1 is 1.00 bits per heavy atom. The Morgan fingerprint density at radius 2 is 1.68 bits per heavy atom. The van der Waals surface area contributed by atoms with E-state index in [4.69, 9.17) is 0 Å². The first-order chi connectivity index (χ1) is 9.18. The van der Waals surface area contributed by atoms with Gasteiger partial charge in [-0.3, -0.25) is 0 Å². The Hall–Kier alpha value is -1.36. The maximum absolute atomic E-state index is 9.40. The van der Waals surface area contributed by atoms with Gasteiger partial charge in [0, 0.05) is 20.2 Å². The normalized spacial score (nSPS) is 10.4. The predicted molar refractivity (Wildman–Crippen MR) is 85.2 cm³/mol. The molecule has 3 aromatic rings. The van der Waals surface area contributed by atoms with E-state index >= 15 is 0 Å². The van der Waals surface area contributed by atoms with E-state index in [0.717, 1.165) is 10.1 Å². The first kappa shape index (κ1) is 14.1. The molecule has 2 nitrogen and oxygen atoms in total. The zero-order valence-electron chi connectivity index (χ0n) is 11.3. The molecule has 0 saturated carbocycles. The van der Waals surface area contributed by atoms with Gasteiger partial charge in [0.2, 0.25) is 0 Å². The van der Waals surface area contributed by atoms with Crippen molar-refractivity contribution < 1.29 is 10.0 Å². The van der Waals surface area contributed by atoms with Crippen LogP contribution in [0, 0.1) is 6.92 Å². The Kier molecular flexibility index (Phi) is 4.25. The van der Waals surface area contributed by atoms with Gasteiger partial charge in [-0.1, -0.05) is 44.2 Å². The lowest BCUT2D eigenvalue weighted by Gasteiger charge is -2.03. The van der Waals surface area contributed by atoms with E-state index in [0.29, 0.717) is 5.46 Å². The van der Waals surface area contributed by atoms with Crippen molar-refractivity contribution in [1.29, 1.82) is 0 Å². The van der Waals surface area contributed by atoms with E-state index in [1.807, 2.05) is 32.0 Å². The fraction of sp³-hybridized carbons (Fsp3) is 0.200. The fourth-order valence-electron chi connectivity index (χ4n) is 2.22. The molecular formula is C15H17BO2S. The number of rotatable bonds is 1. The summed E-state index contributed by atoms with van der Waals surface area (Å²) in [6.45, 7) is 6.05. The van der Waals surface area contributed by atoms with Crippen molar-refractivity contribution in [3.63, 3.8) is 0 Å². The average molecular weight is 272 g/mol. The topological polar surface area (TPSA) is 40.5 Å². The lowest BCUT2D eigenvalue weighted by molar-refractivity contribution is 0.426. The molecule has 0 aliphatic rings. The van der Waals surface area contributed by atoms with Crippen LogP contribution in [-0.2, 0) is 0 Å². The third-order valence-corrected chi connectivity index (χ3v) is 4.26. The maximum Gasteiger partial charge on any atom is 0.489 e. The summed E-state index contributed by atoms with van der Waals surface area (Å²) >= 11 is 1.61. The Morgan fingerprint density at radius 3 is 2.37 bits per heavy atom. The number of benzene rings is 2. The molecule has 2 aromatic carbocycles. The van der Waals surface area contributed by atoms with E-state index < -0.39 is 7.12 Å². The van der Waals surface area contributed by atoms with Crippen LogP contribution >= 0.6 is 11.3 Å². The number of hydrogen-bond acceptors (Lipinski definition) is 3. The van der Waals surface area contributed by atoms with Gasteiger partial charge in [0.1, 0.15) is 0 Å². The zero-order valence-corrected chi connectivity index (χ0v) is 12.2. The third kappa shape index (κ3) is 2.39. The van der Waals surface area contributed by atoms with Gasteiger partial charge in [-0.25, -0.2) is 0 Å². The van der Waals surface area contributed by atoms with Gasteiger partial charge in [0.25, 0.3) is 0 Å². The minimum Gasteiger partial charge on any atom is -0.423 e. The molecule has 0 bridgehead atoms. The van der Waals surface area contributed by atoms with E-state index in [9.17, 15) is 10.0 Å². The molecule has 0 fully saturated rings. The van der Waals surface area contributed by atoms with Crippen LogP contribution in [0.15, 0.2) is 36.4 Å². The van der Waals surface area contributed by atoms with E-state index in [-0.39, 0.29) is 0 Å². The van der Waals surface area contributed by atoms with Gasteiger partial charge < -0.3 is 10.0 Å². The first-order valence-electron chi connectivity index (χ1n) is 6.45. The molecule has 3 rings (SSSR count). The second-order valence-electron chi connectivity index (χ2n) is 4.15. The van der Waals surface area contributed by atoms with Gasteiger partial charge in [-0.2, -0.15) is 0 Å². The fourth-order valence-corrected chi connectivity index (χ4v) is 3.53. The van der Waals surface area contributed by atoms with Crippen molar-refractivity contribution in [3.8, 4) is 0 Å². The summed E-state index contributed by atoms with van der Waals surface area (Å²) in [7, 11) is -1.41. The number of aryl methyl sites for hydroxylation is 1. The molecule has 98 valence electrons. The molecule has 0 amide bonds. The summed E-state index contributed by atoms with van der Waals surface area (Å²) in [5.41, 5.74) is 1.76. The summed E-state index contributed by atoms with van der Waals surface area (Å²) in [5, 5.41) is 21.1. The quantitative estimate of drug-likeness (QED) is 0.668. The largest absolute Gasteiger partial charge is 0.489 e. The second-order valence-corrected chi connectivity index (χ2v) is 5.20. The van der Waals surface area contributed by atoms with Crippen molar-refractivity contribution in [2.75, 3.05) is 0 Å². The number of fused-ring (bicyclic) bond motifs is 3. The molecule has 0 atom stereocenters. The highest BCUT2D eigenvalue weighted by molar-refractivity contribution is 7.27. The van der Waals surface area contributed by atoms with Gasteiger partial charge in [-0.05, 0) is 24.0 Å². The average Bonchev–Trinajstić information content (AvgIpc) is 2.81. The summed E-state index contributed by atoms with van der Waals surface area (Å²) in [4.78, 5) is 0. The van der Waals surface area contributed by atoms with E-state index in [2.05, 4.69) is 19.1 Å². The highest BCUT2D eigenvalue weighted by atomic mass is 32.1. The summed E-state index contributed by atoms with van der Waals surface area (Å²) in [5.74, 6) is 0. The van der Waals surface area contributed by atoms with Crippen LogP contribution in [0.3, 0.4) is 0 Å². The zero-order chi connectivity index (χ0) is 14.0. The van der Waals surface area contributed by atoms with Crippen molar-refractivity contribution in [1.82, 2.24) is 0 Å². The van der Waals surface area contributed by atoms with Crippen LogP contribution in [0.2, 0.25) is 0 Å². The lowest BCUT2D eigenvalue weighted by Crippen LogP contribution is -2.29. The minimum atomic E-state index is -1.41. The summed E-state index contributed by atoms with van der Waals surface area (Å²) in [6, 6.07) is 11.9. The molecule has 0 unspecified atom stereocenters. The molecule has 0 spiro atoms. The molecule has 0 aliphatic heterocycles. The van der Waals surface area contributed by atoms with Crippen LogP contribution in [0.25, 0.3) is 20.2 Å². The molecule has 19 heavy (non-hydrogen) atoms. The Balaban J connectivity index is 0.000000637. The third-order valence-electron chi connectivity index (χ3n) is 3.04. The van der Waals surface area contributed by atoms with Crippen LogP contribution in [0.4, 0.5) is 0 Å². The molecule has 0 saturated heterocycles. The highest BCUT2D eigenvalue weighted by Gasteiger charge is 2.18. The van der Waals surface area contributed by atoms with Crippen molar-refractivity contribution >= 4 is 44.1 Å². The molecule has 2 N–H and O–H groups in total.